The van der Waals surface area contributed by atoms with Crippen LogP contribution in [-0.4, -0.2) is 17.0 Å². The Morgan fingerprint density at radius 3 is 2.94 bits per heavy atom. The Morgan fingerprint density at radius 1 is 1.38 bits per heavy atom. The highest BCUT2D eigenvalue weighted by Gasteiger charge is 1.99. The van der Waals surface area contributed by atoms with Crippen LogP contribution in [0.2, 0.25) is 4.34 Å². The lowest BCUT2D eigenvalue weighted by Gasteiger charge is -2.04. The van der Waals surface area contributed by atoms with Crippen molar-refractivity contribution in [2.75, 3.05) is 17.7 Å². The van der Waals surface area contributed by atoms with Crippen LogP contribution in [0.4, 0.5) is 11.8 Å². The van der Waals surface area contributed by atoms with E-state index in [1.807, 2.05) is 18.2 Å². The van der Waals surface area contributed by atoms with Crippen molar-refractivity contribution in [1.82, 2.24) is 9.97 Å². The zero-order valence-corrected chi connectivity index (χ0v) is 10.3. The van der Waals surface area contributed by atoms with Gasteiger partial charge in [0.05, 0.1) is 10.9 Å². The summed E-state index contributed by atoms with van der Waals surface area (Å²) in [6.07, 6.45) is 1.71. The van der Waals surface area contributed by atoms with Crippen LogP contribution in [-0.2, 0) is 6.54 Å². The molecule has 16 heavy (non-hydrogen) atoms. The fraction of sp³-hybridized carbons (Fsp3) is 0.200. The van der Waals surface area contributed by atoms with Crippen LogP contribution in [0, 0.1) is 0 Å². The summed E-state index contributed by atoms with van der Waals surface area (Å²) in [5.74, 6) is 1.40. The van der Waals surface area contributed by atoms with E-state index in [2.05, 4.69) is 20.6 Å². The first-order valence-electron chi connectivity index (χ1n) is 4.77. The van der Waals surface area contributed by atoms with E-state index in [1.165, 1.54) is 4.88 Å². The molecule has 0 aliphatic carbocycles. The molecule has 0 aliphatic rings. The molecule has 4 nitrogen and oxygen atoms in total. The lowest BCUT2D eigenvalue weighted by Crippen LogP contribution is -2.02. The first-order valence-corrected chi connectivity index (χ1v) is 5.96. The average Bonchev–Trinajstić information content (AvgIpc) is 2.73. The van der Waals surface area contributed by atoms with Crippen LogP contribution < -0.4 is 10.6 Å². The fourth-order valence-corrected chi connectivity index (χ4v) is 2.23. The fourth-order valence-electron chi connectivity index (χ4n) is 1.20. The molecule has 0 atom stereocenters. The minimum Gasteiger partial charge on any atom is -0.365 e. The average molecular weight is 255 g/mol. The molecule has 2 rings (SSSR count). The summed E-state index contributed by atoms with van der Waals surface area (Å²) in [6, 6.07) is 5.72. The number of hydrogen-bond donors (Lipinski definition) is 2. The topological polar surface area (TPSA) is 49.8 Å². The maximum atomic E-state index is 5.84. The van der Waals surface area contributed by atoms with Crippen molar-refractivity contribution in [2.24, 2.45) is 0 Å². The van der Waals surface area contributed by atoms with Gasteiger partial charge in [-0.1, -0.05) is 11.6 Å². The van der Waals surface area contributed by atoms with E-state index in [4.69, 9.17) is 11.6 Å². The lowest BCUT2D eigenvalue weighted by atomic mass is 10.4. The molecular weight excluding hydrogens is 244 g/mol. The zero-order chi connectivity index (χ0) is 11.4. The van der Waals surface area contributed by atoms with Gasteiger partial charge in [0, 0.05) is 18.1 Å². The predicted octanol–water partition coefficient (Wildman–Crippen LogP) is 2.85. The smallest absolute Gasteiger partial charge is 0.224 e. The Kier molecular flexibility index (Phi) is 3.58. The van der Waals surface area contributed by atoms with Gasteiger partial charge in [-0.2, -0.15) is 4.98 Å². The zero-order valence-electron chi connectivity index (χ0n) is 8.70. The molecule has 0 saturated carbocycles. The van der Waals surface area contributed by atoms with Crippen molar-refractivity contribution in [2.45, 2.75) is 6.54 Å². The summed E-state index contributed by atoms with van der Waals surface area (Å²) < 4.78 is 0.801. The molecule has 0 radical (unpaired) electrons. The van der Waals surface area contributed by atoms with E-state index in [9.17, 15) is 0 Å². The largest absolute Gasteiger partial charge is 0.365 e. The molecule has 0 bridgehead atoms. The van der Waals surface area contributed by atoms with Crippen LogP contribution in [0.25, 0.3) is 0 Å². The standard InChI is InChI=1S/C10H11ClN4S/c1-12-10-13-5-4-9(15-10)14-6-7-2-3-8(11)16-7/h2-5H,6H2,1H3,(H2,12,13,14,15). The van der Waals surface area contributed by atoms with Gasteiger partial charge in [0.1, 0.15) is 5.82 Å². The monoisotopic (exact) mass is 254 g/mol. The van der Waals surface area contributed by atoms with Crippen molar-refractivity contribution in [3.8, 4) is 0 Å². The van der Waals surface area contributed by atoms with Crippen LogP contribution in [0.1, 0.15) is 4.88 Å². The number of nitrogens with zero attached hydrogens (tertiary/aromatic N) is 2. The second-order valence-electron chi connectivity index (χ2n) is 3.07. The molecule has 2 aromatic rings. The van der Waals surface area contributed by atoms with Gasteiger partial charge in [0.15, 0.2) is 0 Å². The summed E-state index contributed by atoms with van der Waals surface area (Å²) in [6.45, 7) is 0.720. The van der Waals surface area contributed by atoms with E-state index in [0.29, 0.717) is 5.95 Å². The summed E-state index contributed by atoms with van der Waals surface area (Å²) >= 11 is 7.41. The Hall–Kier alpha value is -1.33. The van der Waals surface area contributed by atoms with Crippen LogP contribution in [0.5, 0.6) is 0 Å². The minimum atomic E-state index is 0.606. The number of rotatable bonds is 4. The second kappa shape index (κ2) is 5.14. The van der Waals surface area contributed by atoms with Gasteiger partial charge < -0.3 is 10.6 Å². The summed E-state index contributed by atoms with van der Waals surface area (Å²) in [4.78, 5) is 9.46. The van der Waals surface area contributed by atoms with E-state index in [1.54, 1.807) is 24.6 Å². The molecule has 6 heteroatoms. The van der Waals surface area contributed by atoms with Crippen LogP contribution in [0.3, 0.4) is 0 Å². The lowest BCUT2D eigenvalue weighted by molar-refractivity contribution is 1.09. The Labute approximate surface area is 103 Å². The van der Waals surface area contributed by atoms with E-state index < -0.39 is 0 Å². The number of hydrogen-bond acceptors (Lipinski definition) is 5. The van der Waals surface area contributed by atoms with E-state index >= 15 is 0 Å². The minimum absolute atomic E-state index is 0.606. The number of nitrogens with one attached hydrogen (secondary N) is 2. The molecule has 84 valence electrons. The number of thiophene rings is 1. The number of aromatic nitrogens is 2. The molecule has 0 unspecified atom stereocenters. The van der Waals surface area contributed by atoms with Crippen molar-refractivity contribution >= 4 is 34.7 Å². The van der Waals surface area contributed by atoms with Gasteiger partial charge >= 0.3 is 0 Å². The molecule has 0 fully saturated rings. The third-order valence-corrected chi connectivity index (χ3v) is 3.18. The Bertz CT molecular complexity index is 471. The normalized spacial score (nSPS) is 10.1. The first kappa shape index (κ1) is 11.2. The van der Waals surface area contributed by atoms with Crippen molar-refractivity contribution in [3.63, 3.8) is 0 Å². The molecule has 0 aromatic carbocycles. The summed E-state index contributed by atoms with van der Waals surface area (Å²) in [5, 5.41) is 6.10. The van der Waals surface area contributed by atoms with Crippen LogP contribution >= 0.6 is 22.9 Å². The second-order valence-corrected chi connectivity index (χ2v) is 4.87. The van der Waals surface area contributed by atoms with Crippen LogP contribution in [0.15, 0.2) is 24.4 Å². The van der Waals surface area contributed by atoms with Crippen molar-refractivity contribution in [1.29, 1.82) is 0 Å². The van der Waals surface area contributed by atoms with Gasteiger partial charge in [-0.25, -0.2) is 4.98 Å². The molecule has 0 saturated heterocycles. The molecule has 2 aromatic heterocycles. The van der Waals surface area contributed by atoms with E-state index in [-0.39, 0.29) is 0 Å². The summed E-state index contributed by atoms with van der Waals surface area (Å²) in [7, 11) is 1.79. The molecule has 0 aliphatic heterocycles. The molecule has 2 heterocycles. The maximum Gasteiger partial charge on any atom is 0.224 e. The van der Waals surface area contributed by atoms with Gasteiger partial charge in [-0.15, -0.1) is 11.3 Å². The highest BCUT2D eigenvalue weighted by Crippen LogP contribution is 2.22. The Balaban J connectivity index is 1.99. The van der Waals surface area contributed by atoms with Gasteiger partial charge in [-0.05, 0) is 18.2 Å². The number of anilines is 2. The quantitative estimate of drug-likeness (QED) is 0.881. The maximum absolute atomic E-state index is 5.84. The van der Waals surface area contributed by atoms with Gasteiger partial charge in [0.2, 0.25) is 5.95 Å². The molecular formula is C10H11ClN4S. The van der Waals surface area contributed by atoms with Gasteiger partial charge in [-0.3, -0.25) is 0 Å². The molecule has 2 N–H and O–H groups in total. The van der Waals surface area contributed by atoms with E-state index in [0.717, 1.165) is 16.7 Å². The van der Waals surface area contributed by atoms with Crippen molar-refractivity contribution in [3.05, 3.63) is 33.6 Å². The van der Waals surface area contributed by atoms with Gasteiger partial charge in [0.25, 0.3) is 0 Å². The SMILES string of the molecule is CNc1nccc(NCc2ccc(Cl)s2)n1. The summed E-state index contributed by atoms with van der Waals surface area (Å²) in [5.41, 5.74) is 0. The predicted molar refractivity (Wildman–Crippen MR) is 68.2 cm³/mol. The molecule has 0 spiro atoms. The Morgan fingerprint density at radius 2 is 2.25 bits per heavy atom. The third kappa shape index (κ3) is 2.84. The third-order valence-electron chi connectivity index (χ3n) is 1.95. The first-order chi connectivity index (χ1) is 7.78. The molecule has 0 amide bonds. The highest BCUT2D eigenvalue weighted by molar-refractivity contribution is 7.16. The number of halogens is 1. The van der Waals surface area contributed by atoms with Crippen molar-refractivity contribution < 1.29 is 0 Å². The highest BCUT2D eigenvalue weighted by atomic mass is 35.5.